The second-order valence-electron chi connectivity index (χ2n) is 3.61. The number of rotatable bonds is 8. The summed E-state index contributed by atoms with van der Waals surface area (Å²) in [5, 5.41) is 11.0. The third-order valence-corrected chi connectivity index (χ3v) is 3.37. The van der Waals surface area contributed by atoms with Crippen molar-refractivity contribution in [3.8, 4) is 0 Å². The van der Waals surface area contributed by atoms with E-state index in [0.29, 0.717) is 29.9 Å². The average Bonchev–Trinajstić information content (AvgIpc) is 2.35. The molecule has 0 aliphatic heterocycles. The van der Waals surface area contributed by atoms with Gasteiger partial charge < -0.3 is 10.4 Å². The predicted molar refractivity (Wildman–Crippen MR) is 67.8 cm³/mol. The molecule has 98 valence electrons. The van der Waals surface area contributed by atoms with Crippen LogP contribution in [0, 0.1) is 5.82 Å². The first-order valence-electron chi connectivity index (χ1n) is 5.38. The zero-order valence-electron chi connectivity index (χ0n) is 9.64. The molecule has 4 nitrogen and oxygen atoms in total. The van der Waals surface area contributed by atoms with E-state index in [4.69, 9.17) is 5.11 Å². The van der Waals surface area contributed by atoms with Crippen molar-refractivity contribution in [2.24, 2.45) is 0 Å². The van der Waals surface area contributed by atoms with Gasteiger partial charge in [-0.3, -0.25) is 4.79 Å². The number of benzene rings is 1. The molecule has 0 bridgehead atoms. The van der Waals surface area contributed by atoms with Gasteiger partial charge in [0.1, 0.15) is 11.9 Å². The molecule has 1 unspecified atom stereocenters. The summed E-state index contributed by atoms with van der Waals surface area (Å²) < 4.78 is 13.3. The number of hydrogen-bond donors (Lipinski definition) is 2. The molecule has 0 spiro atoms. The van der Waals surface area contributed by atoms with Gasteiger partial charge >= 0.3 is 5.97 Å². The highest BCUT2D eigenvalue weighted by Gasteiger charge is 2.15. The van der Waals surface area contributed by atoms with E-state index >= 15 is 0 Å². The number of hydrogen-bond acceptors (Lipinski definition) is 3. The molecule has 0 aromatic heterocycles. The first-order chi connectivity index (χ1) is 8.65. The third-order valence-electron chi connectivity index (χ3n) is 2.33. The lowest BCUT2D eigenvalue weighted by atomic mass is 10.2. The van der Waals surface area contributed by atoms with Crippen LogP contribution in [0.1, 0.15) is 12.0 Å². The summed E-state index contributed by atoms with van der Waals surface area (Å²) in [6.45, 7) is 0. The number of carbonyl (C=O) groups is 2. The summed E-state index contributed by atoms with van der Waals surface area (Å²) in [6, 6.07) is 5.59. The van der Waals surface area contributed by atoms with Crippen molar-refractivity contribution in [2.75, 3.05) is 5.75 Å². The summed E-state index contributed by atoms with van der Waals surface area (Å²) in [5.74, 6) is -0.300. The summed E-state index contributed by atoms with van der Waals surface area (Å²) in [5.41, 5.74) is 0.595. The molecule has 0 fully saturated rings. The number of amides is 1. The lowest BCUT2D eigenvalue weighted by Gasteiger charge is -2.10. The Kier molecular flexibility index (Phi) is 6.21. The Morgan fingerprint density at radius 2 is 2.22 bits per heavy atom. The van der Waals surface area contributed by atoms with E-state index in [1.165, 1.54) is 17.8 Å². The van der Waals surface area contributed by atoms with Gasteiger partial charge in [-0.05, 0) is 23.8 Å². The fourth-order valence-electron chi connectivity index (χ4n) is 1.36. The molecule has 18 heavy (non-hydrogen) atoms. The topological polar surface area (TPSA) is 66.4 Å². The maximum atomic E-state index is 13.3. The molecule has 0 radical (unpaired) electrons. The molecule has 1 aromatic rings. The van der Waals surface area contributed by atoms with Gasteiger partial charge in [0, 0.05) is 5.75 Å². The van der Waals surface area contributed by atoms with Gasteiger partial charge in [-0.2, -0.15) is 11.8 Å². The summed E-state index contributed by atoms with van der Waals surface area (Å²) >= 11 is 1.43. The molecule has 2 N–H and O–H groups in total. The van der Waals surface area contributed by atoms with Crippen LogP contribution in [0.15, 0.2) is 24.3 Å². The van der Waals surface area contributed by atoms with Crippen LogP contribution < -0.4 is 5.32 Å². The largest absolute Gasteiger partial charge is 0.480 e. The van der Waals surface area contributed by atoms with Crippen LogP contribution in [0.2, 0.25) is 0 Å². The second kappa shape index (κ2) is 7.71. The Balaban J connectivity index is 2.32. The van der Waals surface area contributed by atoms with Crippen molar-refractivity contribution in [1.82, 2.24) is 5.32 Å². The normalized spacial score (nSPS) is 11.8. The Morgan fingerprint density at radius 1 is 1.50 bits per heavy atom. The summed E-state index contributed by atoms with van der Waals surface area (Å²) in [4.78, 5) is 20.9. The zero-order chi connectivity index (χ0) is 13.4. The van der Waals surface area contributed by atoms with Crippen LogP contribution >= 0.6 is 11.8 Å². The second-order valence-corrected chi connectivity index (χ2v) is 4.71. The maximum Gasteiger partial charge on any atom is 0.326 e. The zero-order valence-corrected chi connectivity index (χ0v) is 10.5. The molecule has 0 heterocycles. The molecular formula is C12H14FNO3S. The molecule has 1 amide bonds. The minimum atomic E-state index is -1.06. The third kappa shape index (κ3) is 4.75. The van der Waals surface area contributed by atoms with E-state index in [2.05, 4.69) is 5.32 Å². The van der Waals surface area contributed by atoms with Gasteiger partial charge in [0.25, 0.3) is 0 Å². The first-order valence-corrected chi connectivity index (χ1v) is 6.54. The average molecular weight is 271 g/mol. The molecule has 0 aliphatic carbocycles. The van der Waals surface area contributed by atoms with Crippen LogP contribution in [0.25, 0.3) is 0 Å². The highest BCUT2D eigenvalue weighted by molar-refractivity contribution is 7.98. The SMILES string of the molecule is O=CNC(CCSCc1ccccc1F)C(=O)O. The van der Waals surface area contributed by atoms with E-state index < -0.39 is 12.0 Å². The minimum Gasteiger partial charge on any atom is -0.480 e. The Morgan fingerprint density at radius 3 is 2.83 bits per heavy atom. The smallest absolute Gasteiger partial charge is 0.326 e. The highest BCUT2D eigenvalue weighted by Crippen LogP contribution is 2.16. The summed E-state index contributed by atoms with van der Waals surface area (Å²) in [6.07, 6.45) is 0.688. The molecule has 1 rings (SSSR count). The molecule has 1 aromatic carbocycles. The van der Waals surface area contributed by atoms with Crippen LogP contribution in [-0.4, -0.2) is 29.3 Å². The highest BCUT2D eigenvalue weighted by atomic mass is 32.2. The van der Waals surface area contributed by atoms with Gasteiger partial charge in [-0.15, -0.1) is 0 Å². The van der Waals surface area contributed by atoms with Crippen molar-refractivity contribution in [2.45, 2.75) is 18.2 Å². The first kappa shape index (κ1) is 14.5. The number of nitrogens with one attached hydrogen (secondary N) is 1. The molecule has 6 heteroatoms. The molecule has 0 aliphatic rings. The maximum absolute atomic E-state index is 13.3. The lowest BCUT2D eigenvalue weighted by Crippen LogP contribution is -2.36. The van der Waals surface area contributed by atoms with Crippen molar-refractivity contribution < 1.29 is 19.1 Å². The van der Waals surface area contributed by atoms with E-state index in [-0.39, 0.29) is 5.82 Å². The number of carbonyl (C=O) groups excluding carboxylic acids is 1. The monoisotopic (exact) mass is 271 g/mol. The Hall–Kier alpha value is -1.56. The van der Waals surface area contributed by atoms with E-state index in [0.717, 1.165) is 0 Å². The Labute approximate surface area is 109 Å². The van der Waals surface area contributed by atoms with E-state index in [1.807, 2.05) is 0 Å². The number of carboxylic acids is 1. The molecule has 0 saturated heterocycles. The predicted octanol–water partition coefficient (Wildman–Crippen LogP) is 1.65. The van der Waals surface area contributed by atoms with Crippen LogP contribution in [0.4, 0.5) is 4.39 Å². The van der Waals surface area contributed by atoms with Gasteiger partial charge in [-0.25, -0.2) is 9.18 Å². The van der Waals surface area contributed by atoms with Crippen molar-refractivity contribution in [3.05, 3.63) is 35.6 Å². The van der Waals surface area contributed by atoms with Gasteiger partial charge in [0.15, 0.2) is 0 Å². The molecule has 1 atom stereocenters. The van der Waals surface area contributed by atoms with E-state index in [9.17, 15) is 14.0 Å². The number of carboxylic acid groups (broad SMARTS) is 1. The quantitative estimate of drug-likeness (QED) is 0.557. The number of halogens is 1. The number of aliphatic carboxylic acids is 1. The lowest BCUT2D eigenvalue weighted by molar-refractivity contribution is -0.140. The minimum absolute atomic E-state index is 0.259. The van der Waals surface area contributed by atoms with Gasteiger partial charge in [0.05, 0.1) is 0 Å². The molecule has 0 saturated carbocycles. The fourth-order valence-corrected chi connectivity index (χ4v) is 2.36. The fraction of sp³-hybridized carbons (Fsp3) is 0.333. The molecular weight excluding hydrogens is 257 g/mol. The summed E-state index contributed by atoms with van der Waals surface area (Å²) in [7, 11) is 0. The number of thioether (sulfide) groups is 1. The van der Waals surface area contributed by atoms with Crippen molar-refractivity contribution in [1.29, 1.82) is 0 Å². The standard InChI is InChI=1S/C12H14FNO3S/c13-10-4-2-1-3-9(10)7-18-6-5-11(12(16)17)14-8-15/h1-4,8,11H,5-7H2,(H,14,15)(H,16,17). The van der Waals surface area contributed by atoms with Crippen molar-refractivity contribution >= 4 is 24.1 Å². The van der Waals surface area contributed by atoms with Gasteiger partial charge in [-0.1, -0.05) is 18.2 Å². The van der Waals surface area contributed by atoms with Crippen LogP contribution in [0.5, 0.6) is 0 Å². The van der Waals surface area contributed by atoms with E-state index in [1.54, 1.807) is 18.2 Å². The van der Waals surface area contributed by atoms with Crippen LogP contribution in [0.3, 0.4) is 0 Å². The Bertz CT molecular complexity index is 414. The van der Waals surface area contributed by atoms with Crippen molar-refractivity contribution in [3.63, 3.8) is 0 Å². The van der Waals surface area contributed by atoms with Crippen LogP contribution in [-0.2, 0) is 15.3 Å². The van der Waals surface area contributed by atoms with Gasteiger partial charge in [0.2, 0.25) is 6.41 Å².